The van der Waals surface area contributed by atoms with Gasteiger partial charge in [0, 0.05) is 29.8 Å². The highest BCUT2D eigenvalue weighted by molar-refractivity contribution is 7.89. The average molecular weight is 568 g/mol. The molecule has 8 nitrogen and oxygen atoms in total. The number of benzene rings is 4. The van der Waals surface area contributed by atoms with Crippen LogP contribution in [-0.2, 0) is 10.0 Å². The van der Waals surface area contributed by atoms with Crippen molar-refractivity contribution in [2.24, 2.45) is 0 Å². The molecule has 9 heteroatoms. The van der Waals surface area contributed by atoms with Crippen LogP contribution in [0.25, 0.3) is 0 Å². The smallest absolute Gasteiger partial charge is 0.257 e. The van der Waals surface area contributed by atoms with E-state index in [-0.39, 0.29) is 27.5 Å². The molecule has 0 aromatic heterocycles. The lowest BCUT2D eigenvalue weighted by Crippen LogP contribution is -2.27. The number of ketones is 1. The number of anilines is 2. The summed E-state index contributed by atoms with van der Waals surface area (Å²) in [4.78, 5) is 39.8. The van der Waals surface area contributed by atoms with Crippen LogP contribution >= 0.6 is 0 Å². The van der Waals surface area contributed by atoms with E-state index in [9.17, 15) is 22.8 Å². The van der Waals surface area contributed by atoms with E-state index < -0.39 is 21.8 Å². The van der Waals surface area contributed by atoms with Crippen molar-refractivity contribution >= 4 is 39.0 Å². The summed E-state index contributed by atoms with van der Waals surface area (Å²) in [5.41, 5.74) is 2.80. The third kappa shape index (κ3) is 6.11. The largest absolute Gasteiger partial charge is 0.321 e. The lowest BCUT2D eigenvalue weighted by molar-refractivity contribution is 0.102. The SMILES string of the molecule is Cc1ccc(NC(=O)c2ccccc2NC(=O)c2ccc(S(=O)(=O)N3CCCC3)cc2)c(C(=O)c2ccccc2)c1. The zero-order chi connectivity index (χ0) is 29.0. The number of amides is 2. The molecule has 1 saturated heterocycles. The number of para-hydroxylation sites is 1. The Morgan fingerprint density at radius 3 is 1.98 bits per heavy atom. The van der Waals surface area contributed by atoms with Crippen LogP contribution < -0.4 is 10.6 Å². The van der Waals surface area contributed by atoms with Crippen molar-refractivity contribution in [2.45, 2.75) is 24.7 Å². The molecule has 1 fully saturated rings. The molecule has 0 unspecified atom stereocenters. The lowest BCUT2D eigenvalue weighted by atomic mass is 9.99. The zero-order valence-corrected chi connectivity index (χ0v) is 23.3. The fraction of sp³-hybridized carbons (Fsp3) is 0.156. The maximum Gasteiger partial charge on any atom is 0.257 e. The second-order valence-electron chi connectivity index (χ2n) is 9.83. The first-order valence-corrected chi connectivity index (χ1v) is 14.7. The third-order valence-electron chi connectivity index (χ3n) is 6.94. The first kappa shape index (κ1) is 27.9. The minimum Gasteiger partial charge on any atom is -0.321 e. The van der Waals surface area contributed by atoms with E-state index in [0.29, 0.717) is 29.9 Å². The molecule has 0 bridgehead atoms. The Hall–Kier alpha value is -4.60. The van der Waals surface area contributed by atoms with E-state index in [0.717, 1.165) is 18.4 Å². The Balaban J connectivity index is 1.34. The van der Waals surface area contributed by atoms with Crippen LogP contribution in [0.4, 0.5) is 11.4 Å². The lowest BCUT2D eigenvalue weighted by Gasteiger charge is -2.16. The standard InChI is InChI=1S/C32H29N3O5S/c1-22-13-18-29(27(21-22)30(36)23-9-3-2-4-10-23)34-32(38)26-11-5-6-12-28(26)33-31(37)24-14-16-25(17-15-24)41(39,40)35-19-7-8-20-35/h2-6,9-18,21H,7-8,19-20H2,1H3,(H,33,37)(H,34,38). The van der Waals surface area contributed by atoms with Crippen molar-refractivity contribution in [1.29, 1.82) is 0 Å². The maximum atomic E-state index is 13.4. The molecule has 0 atom stereocenters. The first-order chi connectivity index (χ1) is 19.7. The topological polar surface area (TPSA) is 113 Å². The monoisotopic (exact) mass is 567 g/mol. The summed E-state index contributed by atoms with van der Waals surface area (Å²) in [7, 11) is -3.59. The Morgan fingerprint density at radius 1 is 0.659 bits per heavy atom. The second-order valence-corrected chi connectivity index (χ2v) is 11.8. The van der Waals surface area contributed by atoms with Gasteiger partial charge in [0.25, 0.3) is 11.8 Å². The van der Waals surface area contributed by atoms with Gasteiger partial charge in [0.15, 0.2) is 5.78 Å². The van der Waals surface area contributed by atoms with Crippen LogP contribution in [0, 0.1) is 6.92 Å². The van der Waals surface area contributed by atoms with Gasteiger partial charge in [0.2, 0.25) is 10.0 Å². The van der Waals surface area contributed by atoms with Gasteiger partial charge in [-0.3, -0.25) is 14.4 Å². The molecule has 0 saturated carbocycles. The summed E-state index contributed by atoms with van der Waals surface area (Å²) in [5, 5.41) is 5.58. The summed E-state index contributed by atoms with van der Waals surface area (Å²) in [6.07, 6.45) is 1.67. The van der Waals surface area contributed by atoms with Crippen LogP contribution in [-0.4, -0.2) is 43.4 Å². The number of nitrogens with zero attached hydrogens (tertiary/aromatic N) is 1. The van der Waals surface area contributed by atoms with Crippen LogP contribution in [0.15, 0.2) is 102 Å². The normalized spacial score (nSPS) is 13.5. The van der Waals surface area contributed by atoms with Gasteiger partial charge < -0.3 is 10.6 Å². The fourth-order valence-electron chi connectivity index (χ4n) is 4.73. The molecule has 1 aliphatic rings. The summed E-state index contributed by atoms with van der Waals surface area (Å²) in [6, 6.07) is 26.3. The van der Waals surface area contributed by atoms with E-state index >= 15 is 0 Å². The highest BCUT2D eigenvalue weighted by atomic mass is 32.2. The Bertz CT molecular complexity index is 1710. The molecule has 2 amide bonds. The van der Waals surface area contributed by atoms with Crippen molar-refractivity contribution in [3.05, 3.63) is 125 Å². The van der Waals surface area contributed by atoms with Gasteiger partial charge in [-0.2, -0.15) is 4.31 Å². The molecule has 1 heterocycles. The molecule has 0 spiro atoms. The molecule has 41 heavy (non-hydrogen) atoms. The highest BCUT2D eigenvalue weighted by Gasteiger charge is 2.27. The Labute approximate surface area is 239 Å². The van der Waals surface area contributed by atoms with Crippen molar-refractivity contribution in [3.63, 3.8) is 0 Å². The first-order valence-electron chi connectivity index (χ1n) is 13.3. The maximum absolute atomic E-state index is 13.4. The minimum absolute atomic E-state index is 0.134. The third-order valence-corrected chi connectivity index (χ3v) is 8.86. The summed E-state index contributed by atoms with van der Waals surface area (Å²) < 4.78 is 27.1. The van der Waals surface area contributed by atoms with Crippen molar-refractivity contribution in [3.8, 4) is 0 Å². The average Bonchev–Trinajstić information content (AvgIpc) is 3.55. The van der Waals surface area contributed by atoms with E-state index in [1.807, 2.05) is 13.0 Å². The summed E-state index contributed by atoms with van der Waals surface area (Å²) in [5.74, 6) is -1.22. The fourth-order valence-corrected chi connectivity index (χ4v) is 6.25. The van der Waals surface area contributed by atoms with E-state index in [4.69, 9.17) is 0 Å². The van der Waals surface area contributed by atoms with E-state index in [1.165, 1.54) is 28.6 Å². The molecule has 5 rings (SSSR count). The molecule has 4 aromatic rings. The van der Waals surface area contributed by atoms with Crippen LogP contribution in [0.3, 0.4) is 0 Å². The predicted octanol–water partition coefficient (Wildman–Crippen LogP) is 5.52. The summed E-state index contributed by atoms with van der Waals surface area (Å²) in [6.45, 7) is 2.86. The molecule has 208 valence electrons. The van der Waals surface area contributed by atoms with Crippen molar-refractivity contribution < 1.29 is 22.8 Å². The van der Waals surface area contributed by atoms with Gasteiger partial charge in [0.1, 0.15) is 0 Å². The van der Waals surface area contributed by atoms with Crippen molar-refractivity contribution in [2.75, 3.05) is 23.7 Å². The number of hydrogen-bond acceptors (Lipinski definition) is 5. The number of carbonyl (C=O) groups excluding carboxylic acids is 3. The number of hydrogen-bond donors (Lipinski definition) is 2. The molecule has 4 aromatic carbocycles. The molecule has 0 aliphatic carbocycles. The number of nitrogens with one attached hydrogen (secondary N) is 2. The van der Waals surface area contributed by atoms with Gasteiger partial charge in [-0.1, -0.05) is 54.1 Å². The van der Waals surface area contributed by atoms with Crippen LogP contribution in [0.1, 0.15) is 55.0 Å². The number of carbonyl (C=O) groups is 3. The van der Waals surface area contributed by atoms with E-state index in [1.54, 1.807) is 66.7 Å². The molecule has 1 aliphatic heterocycles. The zero-order valence-electron chi connectivity index (χ0n) is 22.5. The molecular weight excluding hydrogens is 538 g/mol. The van der Waals surface area contributed by atoms with Gasteiger partial charge >= 0.3 is 0 Å². The van der Waals surface area contributed by atoms with E-state index in [2.05, 4.69) is 10.6 Å². The van der Waals surface area contributed by atoms with Gasteiger partial charge in [0.05, 0.1) is 21.8 Å². The van der Waals surface area contributed by atoms with Gasteiger partial charge in [-0.15, -0.1) is 0 Å². The minimum atomic E-state index is -3.59. The van der Waals surface area contributed by atoms with Crippen LogP contribution in [0.5, 0.6) is 0 Å². The Morgan fingerprint density at radius 2 is 1.27 bits per heavy atom. The molecule has 0 radical (unpaired) electrons. The predicted molar refractivity (Wildman–Crippen MR) is 158 cm³/mol. The highest BCUT2D eigenvalue weighted by Crippen LogP contribution is 2.25. The van der Waals surface area contributed by atoms with Gasteiger partial charge in [-0.25, -0.2) is 8.42 Å². The van der Waals surface area contributed by atoms with Gasteiger partial charge in [-0.05, 0) is 68.3 Å². The molecular formula is C32H29N3O5S. The number of sulfonamides is 1. The summed E-state index contributed by atoms with van der Waals surface area (Å²) >= 11 is 0. The van der Waals surface area contributed by atoms with Crippen LogP contribution in [0.2, 0.25) is 0 Å². The molecule has 2 N–H and O–H groups in total. The quantitative estimate of drug-likeness (QED) is 0.273. The second kappa shape index (κ2) is 11.9. The number of rotatable bonds is 8. The number of aryl methyl sites for hydroxylation is 1. The Kier molecular flexibility index (Phi) is 8.09. The van der Waals surface area contributed by atoms with Crippen molar-refractivity contribution in [1.82, 2.24) is 4.31 Å².